The Labute approximate surface area is 183 Å². The summed E-state index contributed by atoms with van der Waals surface area (Å²) in [6.07, 6.45) is 2.28. The Balaban J connectivity index is 1.87. The average Bonchev–Trinajstić information content (AvgIpc) is 3.12. The molecule has 3 aromatic heterocycles. The van der Waals surface area contributed by atoms with Crippen molar-refractivity contribution >= 4 is 28.0 Å². The number of hydrogen-bond acceptors (Lipinski definition) is 5. The lowest BCUT2D eigenvalue weighted by Crippen LogP contribution is -2.21. The maximum Gasteiger partial charge on any atom is 0.268 e. The van der Waals surface area contributed by atoms with Crippen molar-refractivity contribution in [2.45, 2.75) is 6.42 Å². The third kappa shape index (κ3) is 3.48. The molecule has 0 aliphatic rings. The van der Waals surface area contributed by atoms with Gasteiger partial charge in [0.05, 0.1) is 17.0 Å². The van der Waals surface area contributed by atoms with Crippen LogP contribution in [0.5, 0.6) is 0 Å². The van der Waals surface area contributed by atoms with E-state index in [0.717, 1.165) is 5.56 Å². The van der Waals surface area contributed by atoms with Gasteiger partial charge in [0.25, 0.3) is 5.56 Å². The van der Waals surface area contributed by atoms with Crippen LogP contribution in [-0.2, 0) is 0 Å². The van der Waals surface area contributed by atoms with E-state index < -0.39 is 0 Å². The zero-order chi connectivity index (χ0) is 21.9. The molecule has 0 atom stereocenters. The van der Waals surface area contributed by atoms with E-state index in [0.29, 0.717) is 52.3 Å². The van der Waals surface area contributed by atoms with Crippen LogP contribution in [0.15, 0.2) is 88.8 Å². The highest BCUT2D eigenvalue weighted by atomic mass is 16.3. The van der Waals surface area contributed by atoms with Gasteiger partial charge in [0.2, 0.25) is 0 Å². The van der Waals surface area contributed by atoms with Crippen LogP contribution in [0.1, 0.15) is 17.5 Å². The van der Waals surface area contributed by atoms with Gasteiger partial charge in [0.15, 0.2) is 11.3 Å². The highest BCUT2D eigenvalue weighted by Gasteiger charge is 2.24. The van der Waals surface area contributed by atoms with Crippen molar-refractivity contribution in [3.63, 3.8) is 0 Å². The number of H-pyrrole nitrogens is 1. The molecule has 0 amide bonds. The summed E-state index contributed by atoms with van der Waals surface area (Å²) >= 11 is 0. The van der Waals surface area contributed by atoms with Gasteiger partial charge in [0.1, 0.15) is 11.0 Å². The Morgan fingerprint density at radius 2 is 1.72 bits per heavy atom. The number of nitrogens with one attached hydrogen (secondary N) is 1. The number of fused-ring (bicyclic) bond motifs is 2. The van der Waals surface area contributed by atoms with E-state index in [2.05, 4.69) is 4.98 Å². The number of aromatic amines is 1. The second kappa shape index (κ2) is 8.56. The second-order valence-corrected chi connectivity index (χ2v) is 7.32. The first-order valence-corrected chi connectivity index (χ1v) is 10.4. The highest BCUT2D eigenvalue weighted by molar-refractivity contribution is 6.18. The Kier molecular flexibility index (Phi) is 5.31. The van der Waals surface area contributed by atoms with Crippen LogP contribution in [0.4, 0.5) is 0 Å². The van der Waals surface area contributed by atoms with E-state index >= 15 is 0 Å². The summed E-state index contributed by atoms with van der Waals surface area (Å²) in [7, 11) is 0. The molecular formula is C25H21N5O2. The smallest absolute Gasteiger partial charge is 0.268 e. The van der Waals surface area contributed by atoms with Crippen LogP contribution < -0.4 is 5.56 Å². The van der Waals surface area contributed by atoms with Crippen LogP contribution in [-0.4, -0.2) is 43.5 Å². The van der Waals surface area contributed by atoms with E-state index in [-0.39, 0.29) is 12.2 Å². The zero-order valence-corrected chi connectivity index (χ0v) is 17.3. The van der Waals surface area contributed by atoms with Crippen LogP contribution >= 0.6 is 0 Å². The van der Waals surface area contributed by atoms with Crippen molar-refractivity contribution < 1.29 is 5.11 Å². The summed E-state index contributed by atoms with van der Waals surface area (Å²) in [6.45, 7) is 0.423. The second-order valence-electron chi connectivity index (χ2n) is 7.32. The van der Waals surface area contributed by atoms with Gasteiger partial charge in [-0.05, 0) is 30.7 Å². The molecule has 0 fully saturated rings. The fourth-order valence-electron chi connectivity index (χ4n) is 3.76. The minimum atomic E-state index is -0.229. The minimum absolute atomic E-state index is 0.0287. The lowest BCUT2D eigenvalue weighted by Gasteiger charge is -2.06. The van der Waals surface area contributed by atoms with Crippen molar-refractivity contribution in [2.75, 3.05) is 13.2 Å². The molecule has 3 heterocycles. The largest absolute Gasteiger partial charge is 0.396 e. The van der Waals surface area contributed by atoms with Gasteiger partial charge in [-0.25, -0.2) is 9.97 Å². The molecule has 0 bridgehead atoms. The molecule has 2 N–H and O–H groups in total. The number of aliphatic hydroxyl groups is 1. The number of para-hydroxylation sites is 1. The standard InChI is InChI=1S/C25H21N5O2/c31-16-8-15-26-21(17-9-3-1-4-10-17)20-22-24(28-19-13-7-14-27-23(19)29-22)30(25(20)32)18-11-5-2-6-12-18/h1-7,9-14,31H,8,15-16H2,(H,27,29). The summed E-state index contributed by atoms with van der Waals surface area (Å²) in [5.74, 6) is 0. The fraction of sp³-hybridized carbons (Fsp3) is 0.120. The summed E-state index contributed by atoms with van der Waals surface area (Å²) in [6, 6.07) is 22.7. The highest BCUT2D eigenvalue weighted by Crippen LogP contribution is 2.23. The summed E-state index contributed by atoms with van der Waals surface area (Å²) < 4.78 is 1.59. The molecule has 0 saturated carbocycles. The number of aliphatic hydroxyl groups excluding tert-OH is 1. The monoisotopic (exact) mass is 423 g/mol. The third-order valence-corrected chi connectivity index (χ3v) is 5.22. The van der Waals surface area contributed by atoms with Gasteiger partial charge in [-0.15, -0.1) is 0 Å². The number of aromatic nitrogens is 4. The van der Waals surface area contributed by atoms with E-state index in [4.69, 9.17) is 15.0 Å². The number of benzene rings is 2. The maximum atomic E-state index is 13.9. The van der Waals surface area contributed by atoms with Crippen LogP contribution in [0.3, 0.4) is 0 Å². The number of rotatable bonds is 6. The third-order valence-electron chi connectivity index (χ3n) is 5.22. The topological polar surface area (TPSA) is 96.2 Å². The first kappa shape index (κ1) is 19.8. The first-order valence-electron chi connectivity index (χ1n) is 10.4. The van der Waals surface area contributed by atoms with E-state index in [1.165, 1.54) is 0 Å². The number of aliphatic imine (C=N–C) groups is 1. The van der Waals surface area contributed by atoms with E-state index in [9.17, 15) is 9.90 Å². The predicted molar refractivity (Wildman–Crippen MR) is 126 cm³/mol. The molecule has 2 aromatic carbocycles. The molecule has 0 spiro atoms. The van der Waals surface area contributed by atoms with Crippen molar-refractivity contribution in [1.29, 1.82) is 0 Å². The van der Waals surface area contributed by atoms with E-state index in [1.807, 2.05) is 72.8 Å². The first-order chi connectivity index (χ1) is 15.8. The maximum absolute atomic E-state index is 13.9. The quantitative estimate of drug-likeness (QED) is 0.323. The Morgan fingerprint density at radius 1 is 0.969 bits per heavy atom. The molecular weight excluding hydrogens is 402 g/mol. The number of hydrogen-bond donors (Lipinski definition) is 2. The SMILES string of the molecule is O=c1c(C(=NCCCO)c2ccccc2)c2nc3[nH]cccc3nc2n1-c1ccccc1. The molecule has 7 nitrogen and oxygen atoms in total. The van der Waals surface area contributed by atoms with Gasteiger partial charge in [-0.1, -0.05) is 48.5 Å². The molecule has 0 saturated heterocycles. The Bertz CT molecular complexity index is 1470. The van der Waals surface area contributed by atoms with Crippen molar-refractivity contribution in [2.24, 2.45) is 4.99 Å². The predicted octanol–water partition coefficient (Wildman–Crippen LogP) is 3.48. The normalized spacial score (nSPS) is 12.0. The van der Waals surface area contributed by atoms with Gasteiger partial charge >= 0.3 is 0 Å². The molecule has 5 rings (SSSR count). The Morgan fingerprint density at radius 3 is 2.47 bits per heavy atom. The minimum Gasteiger partial charge on any atom is -0.396 e. The lowest BCUT2D eigenvalue weighted by atomic mass is 10.0. The van der Waals surface area contributed by atoms with E-state index in [1.54, 1.807) is 10.8 Å². The van der Waals surface area contributed by atoms with Crippen molar-refractivity contribution in [1.82, 2.24) is 19.5 Å². The van der Waals surface area contributed by atoms with Gasteiger partial charge in [0, 0.05) is 24.9 Å². The van der Waals surface area contributed by atoms with Crippen molar-refractivity contribution in [3.05, 3.63) is 100 Å². The molecule has 5 aromatic rings. The van der Waals surface area contributed by atoms with Crippen LogP contribution in [0.25, 0.3) is 28.0 Å². The van der Waals surface area contributed by atoms with Gasteiger partial charge in [-0.3, -0.25) is 14.4 Å². The molecule has 7 heteroatoms. The Hall–Kier alpha value is -4.10. The van der Waals surface area contributed by atoms with Crippen molar-refractivity contribution in [3.8, 4) is 5.69 Å². The molecule has 0 aliphatic heterocycles. The molecule has 0 aliphatic carbocycles. The molecule has 0 unspecified atom stereocenters. The molecule has 0 radical (unpaired) electrons. The van der Waals surface area contributed by atoms with Gasteiger partial charge in [-0.2, -0.15) is 0 Å². The molecule has 158 valence electrons. The summed E-state index contributed by atoms with van der Waals surface area (Å²) in [4.78, 5) is 31.3. The van der Waals surface area contributed by atoms with Crippen LogP contribution in [0, 0.1) is 0 Å². The zero-order valence-electron chi connectivity index (χ0n) is 17.3. The average molecular weight is 423 g/mol. The van der Waals surface area contributed by atoms with Crippen LogP contribution in [0.2, 0.25) is 0 Å². The summed E-state index contributed by atoms with van der Waals surface area (Å²) in [5, 5.41) is 9.26. The number of pyridine rings is 1. The lowest BCUT2D eigenvalue weighted by molar-refractivity contribution is 0.291. The van der Waals surface area contributed by atoms with Gasteiger partial charge < -0.3 is 10.1 Å². The summed E-state index contributed by atoms with van der Waals surface area (Å²) in [5.41, 5.74) is 4.48. The number of nitrogens with zero attached hydrogens (tertiary/aromatic N) is 4. The molecule has 32 heavy (non-hydrogen) atoms. The fourth-order valence-corrected chi connectivity index (χ4v) is 3.76.